The minimum atomic E-state index is -0.665. The Hall–Kier alpha value is -0.210. The fourth-order valence-corrected chi connectivity index (χ4v) is 3.45. The van der Waals surface area contributed by atoms with Gasteiger partial charge in [0.25, 0.3) is 0 Å². The monoisotopic (exact) mass is 407 g/mol. The van der Waals surface area contributed by atoms with Crippen LogP contribution in [0.3, 0.4) is 0 Å². The number of halogens is 2. The van der Waals surface area contributed by atoms with Crippen molar-refractivity contribution in [1.82, 2.24) is 14.7 Å². The molecule has 2 heterocycles. The standard InChI is InChI=1S/C12H15Br2N3OS/c1-16(2)3-4-17-11(9(13)6-15-17)12(18)8-5-10(14)19-7-8/h5-7,12,18H,3-4H2,1-2H3. The van der Waals surface area contributed by atoms with Crippen LogP contribution in [0.1, 0.15) is 17.4 Å². The van der Waals surface area contributed by atoms with Gasteiger partial charge in [-0.25, -0.2) is 0 Å². The molecule has 1 atom stereocenters. The van der Waals surface area contributed by atoms with E-state index in [0.717, 1.165) is 32.6 Å². The zero-order valence-electron chi connectivity index (χ0n) is 10.7. The summed E-state index contributed by atoms with van der Waals surface area (Å²) < 4.78 is 3.69. The Balaban J connectivity index is 2.25. The Morgan fingerprint density at radius 3 is 2.79 bits per heavy atom. The highest BCUT2D eigenvalue weighted by molar-refractivity contribution is 9.11. The molecule has 0 radical (unpaired) electrons. The fraction of sp³-hybridized carbons (Fsp3) is 0.417. The maximum absolute atomic E-state index is 10.5. The second-order valence-electron chi connectivity index (χ2n) is 4.49. The molecule has 4 nitrogen and oxygen atoms in total. The van der Waals surface area contributed by atoms with Crippen LogP contribution in [0.25, 0.3) is 0 Å². The molecule has 104 valence electrons. The number of aliphatic hydroxyl groups excluding tert-OH is 1. The number of thiophene rings is 1. The largest absolute Gasteiger partial charge is 0.382 e. The number of hydrogen-bond donors (Lipinski definition) is 1. The van der Waals surface area contributed by atoms with E-state index in [4.69, 9.17) is 0 Å². The molecule has 0 aliphatic rings. The van der Waals surface area contributed by atoms with Crippen molar-refractivity contribution in [2.45, 2.75) is 12.6 Å². The van der Waals surface area contributed by atoms with Crippen molar-refractivity contribution in [2.75, 3.05) is 20.6 Å². The normalized spacial score (nSPS) is 13.2. The summed E-state index contributed by atoms with van der Waals surface area (Å²) in [7, 11) is 4.04. The molecule has 2 aromatic rings. The van der Waals surface area contributed by atoms with E-state index in [1.54, 1.807) is 17.5 Å². The number of likely N-dealkylation sites (N-methyl/N-ethyl adjacent to an activating group) is 1. The SMILES string of the molecule is CN(C)CCn1ncc(Br)c1C(O)c1csc(Br)c1. The molecule has 0 aromatic carbocycles. The Morgan fingerprint density at radius 1 is 1.47 bits per heavy atom. The van der Waals surface area contributed by atoms with Crippen molar-refractivity contribution < 1.29 is 5.11 Å². The van der Waals surface area contributed by atoms with Crippen LogP contribution in [0.2, 0.25) is 0 Å². The third kappa shape index (κ3) is 3.66. The molecule has 2 rings (SSSR count). The molecule has 7 heteroatoms. The highest BCUT2D eigenvalue weighted by Gasteiger charge is 2.20. The van der Waals surface area contributed by atoms with Gasteiger partial charge in [-0.1, -0.05) is 0 Å². The van der Waals surface area contributed by atoms with Crippen molar-refractivity contribution in [2.24, 2.45) is 0 Å². The summed E-state index contributed by atoms with van der Waals surface area (Å²) in [5.74, 6) is 0. The van der Waals surface area contributed by atoms with Crippen molar-refractivity contribution in [3.8, 4) is 0 Å². The first-order valence-corrected chi connectivity index (χ1v) is 8.23. The zero-order valence-corrected chi connectivity index (χ0v) is 14.7. The van der Waals surface area contributed by atoms with E-state index in [1.165, 1.54) is 0 Å². The van der Waals surface area contributed by atoms with Gasteiger partial charge in [0, 0.05) is 6.54 Å². The summed E-state index contributed by atoms with van der Waals surface area (Å²) in [6.45, 7) is 1.62. The van der Waals surface area contributed by atoms with Crippen LogP contribution in [-0.2, 0) is 6.54 Å². The highest BCUT2D eigenvalue weighted by atomic mass is 79.9. The second-order valence-corrected chi connectivity index (χ2v) is 7.64. The van der Waals surface area contributed by atoms with Crippen LogP contribution in [0, 0.1) is 0 Å². The lowest BCUT2D eigenvalue weighted by molar-refractivity contribution is 0.205. The van der Waals surface area contributed by atoms with Crippen molar-refractivity contribution >= 4 is 43.2 Å². The molecular weight excluding hydrogens is 394 g/mol. The Morgan fingerprint density at radius 2 is 2.21 bits per heavy atom. The third-order valence-corrected chi connectivity index (χ3v) is 4.89. The van der Waals surface area contributed by atoms with E-state index in [1.807, 2.05) is 30.2 Å². The van der Waals surface area contributed by atoms with Gasteiger partial charge < -0.3 is 10.0 Å². The smallest absolute Gasteiger partial charge is 0.123 e. The van der Waals surface area contributed by atoms with Gasteiger partial charge in [0.05, 0.1) is 26.7 Å². The van der Waals surface area contributed by atoms with E-state index < -0.39 is 6.10 Å². The predicted molar refractivity (Wildman–Crippen MR) is 84.6 cm³/mol. The van der Waals surface area contributed by atoms with E-state index in [-0.39, 0.29) is 0 Å². The minimum Gasteiger partial charge on any atom is -0.382 e. The molecule has 0 spiro atoms. The predicted octanol–water partition coefficient (Wildman–Crippen LogP) is 3.11. The molecule has 0 bridgehead atoms. The van der Waals surface area contributed by atoms with E-state index in [9.17, 15) is 5.11 Å². The molecule has 1 unspecified atom stereocenters. The molecule has 0 aliphatic heterocycles. The fourth-order valence-electron chi connectivity index (χ4n) is 1.74. The Bertz CT molecular complexity index is 553. The molecule has 0 saturated carbocycles. The number of hydrogen-bond acceptors (Lipinski definition) is 4. The van der Waals surface area contributed by atoms with Crippen LogP contribution >= 0.6 is 43.2 Å². The van der Waals surface area contributed by atoms with Gasteiger partial charge in [0.2, 0.25) is 0 Å². The van der Waals surface area contributed by atoms with Gasteiger partial charge in [-0.05, 0) is 63.0 Å². The Labute approximate surface area is 133 Å². The van der Waals surface area contributed by atoms with Crippen LogP contribution in [-0.4, -0.2) is 40.4 Å². The van der Waals surface area contributed by atoms with Crippen LogP contribution in [0.15, 0.2) is 25.9 Å². The quantitative estimate of drug-likeness (QED) is 0.826. The first kappa shape index (κ1) is 15.2. The van der Waals surface area contributed by atoms with Gasteiger partial charge in [0.15, 0.2) is 0 Å². The van der Waals surface area contributed by atoms with E-state index in [2.05, 4.69) is 41.9 Å². The lowest BCUT2D eigenvalue weighted by Gasteiger charge is -2.15. The Kier molecular flexibility index (Phi) is 5.19. The molecule has 0 aliphatic carbocycles. The van der Waals surface area contributed by atoms with Gasteiger partial charge in [-0.2, -0.15) is 5.10 Å². The summed E-state index contributed by atoms with van der Waals surface area (Å²) in [5, 5.41) is 16.8. The average molecular weight is 409 g/mol. The molecule has 0 saturated heterocycles. The van der Waals surface area contributed by atoms with Crippen LogP contribution in [0.5, 0.6) is 0 Å². The number of nitrogens with zero attached hydrogens (tertiary/aromatic N) is 3. The van der Waals surface area contributed by atoms with Crippen molar-refractivity contribution in [3.05, 3.63) is 37.2 Å². The van der Waals surface area contributed by atoms with Crippen LogP contribution < -0.4 is 0 Å². The van der Waals surface area contributed by atoms with E-state index >= 15 is 0 Å². The highest BCUT2D eigenvalue weighted by Crippen LogP contribution is 2.32. The molecule has 19 heavy (non-hydrogen) atoms. The summed E-state index contributed by atoms with van der Waals surface area (Å²) in [4.78, 5) is 2.09. The van der Waals surface area contributed by atoms with E-state index in [0.29, 0.717) is 0 Å². The lowest BCUT2D eigenvalue weighted by Crippen LogP contribution is -2.21. The molecular formula is C12H15Br2N3OS. The number of rotatable bonds is 5. The minimum absolute atomic E-state index is 0.665. The summed E-state index contributed by atoms with van der Waals surface area (Å²) in [6, 6.07) is 1.94. The first-order valence-electron chi connectivity index (χ1n) is 5.77. The number of aliphatic hydroxyl groups is 1. The number of aromatic nitrogens is 2. The lowest BCUT2D eigenvalue weighted by atomic mass is 10.1. The summed E-state index contributed by atoms with van der Waals surface area (Å²) >= 11 is 8.44. The third-order valence-electron chi connectivity index (χ3n) is 2.75. The van der Waals surface area contributed by atoms with Crippen LogP contribution in [0.4, 0.5) is 0 Å². The summed E-state index contributed by atoms with van der Waals surface area (Å²) in [6.07, 6.45) is 1.07. The first-order chi connectivity index (χ1) is 8.99. The summed E-state index contributed by atoms with van der Waals surface area (Å²) in [5.41, 5.74) is 1.68. The molecule has 0 fully saturated rings. The van der Waals surface area contributed by atoms with Gasteiger partial charge in [-0.15, -0.1) is 11.3 Å². The topological polar surface area (TPSA) is 41.3 Å². The zero-order chi connectivity index (χ0) is 14.0. The maximum atomic E-state index is 10.5. The molecule has 1 N–H and O–H groups in total. The van der Waals surface area contributed by atoms with Gasteiger partial charge in [-0.3, -0.25) is 4.68 Å². The van der Waals surface area contributed by atoms with Crippen molar-refractivity contribution in [3.63, 3.8) is 0 Å². The molecule has 0 amide bonds. The van der Waals surface area contributed by atoms with Gasteiger partial charge in [0.1, 0.15) is 6.10 Å². The van der Waals surface area contributed by atoms with Crippen molar-refractivity contribution in [1.29, 1.82) is 0 Å². The second kappa shape index (κ2) is 6.49. The average Bonchev–Trinajstić information content (AvgIpc) is 2.92. The molecule has 2 aromatic heterocycles. The van der Waals surface area contributed by atoms with Gasteiger partial charge >= 0.3 is 0 Å². The maximum Gasteiger partial charge on any atom is 0.123 e.